The summed E-state index contributed by atoms with van der Waals surface area (Å²) in [6, 6.07) is 3.34. The van der Waals surface area contributed by atoms with Crippen LogP contribution in [0.15, 0.2) is 28.9 Å². The first kappa shape index (κ1) is 14.8. The zero-order valence-corrected chi connectivity index (χ0v) is 12.9. The van der Waals surface area contributed by atoms with Gasteiger partial charge < -0.3 is 14.3 Å². The summed E-state index contributed by atoms with van der Waals surface area (Å²) in [6.07, 6.45) is 3.81. The molecule has 2 heterocycles. The first-order valence-electron chi connectivity index (χ1n) is 7.30. The number of aliphatic hydroxyl groups is 1. The number of ether oxygens (including phenoxy) is 1. The van der Waals surface area contributed by atoms with Crippen LogP contribution in [0.4, 0.5) is 0 Å². The third kappa shape index (κ3) is 2.64. The number of hydrogen-bond acceptors (Lipinski definition) is 5. The van der Waals surface area contributed by atoms with Gasteiger partial charge in [-0.25, -0.2) is 4.79 Å². The van der Waals surface area contributed by atoms with Gasteiger partial charge in [-0.1, -0.05) is 13.8 Å². The van der Waals surface area contributed by atoms with E-state index in [2.05, 4.69) is 18.8 Å². The monoisotopic (exact) mass is 301 g/mol. The lowest BCUT2D eigenvalue weighted by molar-refractivity contribution is 0.0689. The van der Waals surface area contributed by atoms with Crippen molar-refractivity contribution in [2.45, 2.75) is 39.7 Å². The second-order valence-electron chi connectivity index (χ2n) is 6.53. The molecule has 0 amide bonds. The molecule has 1 aliphatic rings. The van der Waals surface area contributed by atoms with Gasteiger partial charge in [0.1, 0.15) is 11.5 Å². The average Bonchev–Trinajstić information content (AvgIpc) is 2.75. The highest BCUT2D eigenvalue weighted by atomic mass is 16.5. The van der Waals surface area contributed by atoms with Crippen LogP contribution in [0.1, 0.15) is 53.8 Å². The second kappa shape index (κ2) is 5.25. The smallest absolute Gasteiger partial charge is 0.379 e. The zero-order chi connectivity index (χ0) is 15.9. The topological polar surface area (TPSA) is 72.6 Å². The van der Waals surface area contributed by atoms with E-state index in [9.17, 15) is 9.90 Å². The van der Waals surface area contributed by atoms with Crippen LogP contribution in [0.3, 0.4) is 0 Å². The van der Waals surface area contributed by atoms with Gasteiger partial charge in [-0.15, -0.1) is 0 Å². The standard InChI is InChI=1S/C17H19NO4/c1-10-14-12(19)7-17(2,3)8-13(14)22-15(10)16(20)21-11-5-4-6-18-9-11/h4-6,9,12,19H,7-8H2,1-3H3/t12-/m1/s1. The maximum absolute atomic E-state index is 12.3. The molecule has 0 radical (unpaired) electrons. The summed E-state index contributed by atoms with van der Waals surface area (Å²) >= 11 is 0. The van der Waals surface area contributed by atoms with Crippen LogP contribution in [0.2, 0.25) is 0 Å². The Bertz CT molecular complexity index is 703. The summed E-state index contributed by atoms with van der Waals surface area (Å²) in [6.45, 7) is 5.93. The number of pyridine rings is 1. The van der Waals surface area contributed by atoms with Gasteiger partial charge in [0.2, 0.25) is 5.76 Å². The fraction of sp³-hybridized carbons (Fsp3) is 0.412. The molecule has 3 rings (SSSR count). The van der Waals surface area contributed by atoms with Crippen LogP contribution in [-0.4, -0.2) is 16.1 Å². The third-order valence-corrected chi connectivity index (χ3v) is 4.02. The van der Waals surface area contributed by atoms with Gasteiger partial charge in [0.25, 0.3) is 0 Å². The predicted molar refractivity (Wildman–Crippen MR) is 79.7 cm³/mol. The molecule has 2 aromatic heterocycles. The Balaban J connectivity index is 1.91. The number of carbonyl (C=O) groups excluding carboxylic acids is 1. The summed E-state index contributed by atoms with van der Waals surface area (Å²) in [5.41, 5.74) is 1.34. The number of hydrogen-bond donors (Lipinski definition) is 1. The number of carbonyl (C=O) groups is 1. The fourth-order valence-corrected chi connectivity index (χ4v) is 3.04. The highest BCUT2D eigenvalue weighted by Gasteiger charge is 2.37. The number of aliphatic hydroxyl groups excluding tert-OH is 1. The van der Waals surface area contributed by atoms with E-state index < -0.39 is 12.1 Å². The van der Waals surface area contributed by atoms with Gasteiger partial charge in [-0.05, 0) is 30.9 Å². The summed E-state index contributed by atoms with van der Waals surface area (Å²) in [4.78, 5) is 16.2. The van der Waals surface area contributed by atoms with E-state index in [-0.39, 0.29) is 11.2 Å². The third-order valence-electron chi connectivity index (χ3n) is 4.02. The van der Waals surface area contributed by atoms with Crippen molar-refractivity contribution in [1.82, 2.24) is 4.98 Å². The van der Waals surface area contributed by atoms with Gasteiger partial charge in [0.05, 0.1) is 12.3 Å². The summed E-state index contributed by atoms with van der Waals surface area (Å²) in [5.74, 6) is 0.636. The predicted octanol–water partition coefficient (Wildman–Crippen LogP) is 3.21. The first-order valence-corrected chi connectivity index (χ1v) is 7.30. The van der Waals surface area contributed by atoms with Crippen molar-refractivity contribution in [2.24, 2.45) is 5.41 Å². The number of fused-ring (bicyclic) bond motifs is 1. The Labute approximate surface area is 128 Å². The maximum Gasteiger partial charge on any atom is 0.379 e. The number of nitrogens with zero attached hydrogens (tertiary/aromatic N) is 1. The Hall–Kier alpha value is -2.14. The number of furan rings is 1. The van der Waals surface area contributed by atoms with Crippen molar-refractivity contribution in [2.75, 3.05) is 0 Å². The van der Waals surface area contributed by atoms with Crippen LogP contribution >= 0.6 is 0 Å². The maximum atomic E-state index is 12.3. The molecule has 1 aliphatic carbocycles. The summed E-state index contributed by atoms with van der Waals surface area (Å²) < 4.78 is 11.0. The van der Waals surface area contributed by atoms with Crippen LogP contribution in [0, 0.1) is 12.3 Å². The molecule has 5 heteroatoms. The van der Waals surface area contributed by atoms with Crippen LogP contribution in [0.25, 0.3) is 0 Å². The van der Waals surface area contributed by atoms with Crippen molar-refractivity contribution in [3.8, 4) is 5.75 Å². The molecule has 0 unspecified atom stereocenters. The van der Waals surface area contributed by atoms with Gasteiger partial charge in [-0.3, -0.25) is 4.98 Å². The molecule has 1 N–H and O–H groups in total. The van der Waals surface area contributed by atoms with Crippen molar-refractivity contribution < 1.29 is 19.1 Å². The van der Waals surface area contributed by atoms with Gasteiger partial charge in [-0.2, -0.15) is 0 Å². The Morgan fingerprint density at radius 2 is 2.27 bits per heavy atom. The summed E-state index contributed by atoms with van der Waals surface area (Å²) in [7, 11) is 0. The molecule has 5 nitrogen and oxygen atoms in total. The van der Waals surface area contributed by atoms with E-state index in [1.165, 1.54) is 6.20 Å². The second-order valence-corrected chi connectivity index (χ2v) is 6.53. The first-order chi connectivity index (χ1) is 10.4. The molecule has 0 aromatic carbocycles. The van der Waals surface area contributed by atoms with E-state index in [4.69, 9.17) is 9.15 Å². The minimum absolute atomic E-state index is 0.0543. The van der Waals surface area contributed by atoms with Crippen LogP contribution in [0.5, 0.6) is 5.75 Å². The minimum Gasteiger partial charge on any atom is -0.453 e. The van der Waals surface area contributed by atoms with Crippen molar-refractivity contribution >= 4 is 5.97 Å². The minimum atomic E-state index is -0.609. The molecule has 2 aromatic rings. The summed E-state index contributed by atoms with van der Waals surface area (Å²) in [5, 5.41) is 10.3. The van der Waals surface area contributed by atoms with E-state index >= 15 is 0 Å². The molecular weight excluding hydrogens is 282 g/mol. The molecule has 0 saturated heterocycles. The van der Waals surface area contributed by atoms with E-state index in [1.807, 2.05) is 0 Å². The normalized spacial score (nSPS) is 19.5. The molecular formula is C17H19NO4. The molecule has 22 heavy (non-hydrogen) atoms. The molecule has 0 aliphatic heterocycles. The Kier molecular flexibility index (Phi) is 3.53. The number of rotatable bonds is 2. The molecule has 1 atom stereocenters. The van der Waals surface area contributed by atoms with E-state index in [0.717, 1.165) is 5.56 Å². The lowest BCUT2D eigenvalue weighted by atomic mass is 9.75. The van der Waals surface area contributed by atoms with Gasteiger partial charge in [0.15, 0.2) is 0 Å². The Morgan fingerprint density at radius 1 is 1.50 bits per heavy atom. The SMILES string of the molecule is Cc1c(C(=O)Oc2cccnc2)oc2c1[C@H](O)CC(C)(C)C2. The molecule has 0 fully saturated rings. The Morgan fingerprint density at radius 3 is 2.95 bits per heavy atom. The van der Waals surface area contributed by atoms with Crippen molar-refractivity contribution in [3.63, 3.8) is 0 Å². The van der Waals surface area contributed by atoms with E-state index in [0.29, 0.717) is 29.9 Å². The van der Waals surface area contributed by atoms with Crippen LogP contribution in [-0.2, 0) is 6.42 Å². The van der Waals surface area contributed by atoms with Gasteiger partial charge in [0, 0.05) is 23.7 Å². The zero-order valence-electron chi connectivity index (χ0n) is 12.9. The highest BCUT2D eigenvalue weighted by molar-refractivity contribution is 5.90. The molecule has 0 saturated carbocycles. The van der Waals surface area contributed by atoms with Gasteiger partial charge >= 0.3 is 5.97 Å². The van der Waals surface area contributed by atoms with E-state index in [1.54, 1.807) is 25.3 Å². The molecule has 0 spiro atoms. The average molecular weight is 301 g/mol. The van der Waals surface area contributed by atoms with Crippen LogP contribution < -0.4 is 4.74 Å². The van der Waals surface area contributed by atoms with Crippen molar-refractivity contribution in [3.05, 3.63) is 47.2 Å². The lowest BCUT2D eigenvalue weighted by Gasteiger charge is -2.31. The largest absolute Gasteiger partial charge is 0.453 e. The number of esters is 1. The highest BCUT2D eigenvalue weighted by Crippen LogP contribution is 2.44. The number of aromatic nitrogens is 1. The molecule has 116 valence electrons. The quantitative estimate of drug-likeness (QED) is 0.862. The molecule has 0 bridgehead atoms. The fourth-order valence-electron chi connectivity index (χ4n) is 3.04. The van der Waals surface area contributed by atoms with Crippen molar-refractivity contribution in [1.29, 1.82) is 0 Å². The lowest BCUT2D eigenvalue weighted by Crippen LogP contribution is -2.24.